The standard InChI is InChI=1S/C23H21F3N4O4/c1-11-4-5-13(33-11)10-28-21(31)19-20(12(2)27)34-22(30-19)15-6-8-16(32-3)18-14(15)7-9-17(29-18)23(24,25)26/h4-9,12H,10,27H2,1-3H3,(H,28,31)/t12-/m0/s1. The predicted molar refractivity (Wildman–Crippen MR) is 116 cm³/mol. The Labute approximate surface area is 191 Å². The first-order chi connectivity index (χ1) is 16.1. The Morgan fingerprint density at radius 1 is 1.15 bits per heavy atom. The van der Waals surface area contributed by atoms with Gasteiger partial charge in [0.15, 0.2) is 11.5 Å². The van der Waals surface area contributed by atoms with Crippen LogP contribution in [0.3, 0.4) is 0 Å². The van der Waals surface area contributed by atoms with Crippen LogP contribution in [0.15, 0.2) is 45.2 Å². The topological polar surface area (TPSA) is 116 Å². The molecule has 0 fully saturated rings. The number of benzene rings is 1. The number of carbonyl (C=O) groups excluding carboxylic acids is 1. The summed E-state index contributed by atoms with van der Waals surface area (Å²) in [5.74, 6) is 1.03. The lowest BCUT2D eigenvalue weighted by atomic mass is 10.1. The van der Waals surface area contributed by atoms with Gasteiger partial charge >= 0.3 is 6.18 Å². The largest absolute Gasteiger partial charge is 0.494 e. The molecule has 0 aliphatic carbocycles. The molecule has 1 atom stereocenters. The maximum Gasteiger partial charge on any atom is 0.433 e. The summed E-state index contributed by atoms with van der Waals surface area (Å²) in [5.41, 5.74) is 5.21. The van der Waals surface area contributed by atoms with Crippen LogP contribution in [0.5, 0.6) is 5.75 Å². The van der Waals surface area contributed by atoms with Crippen LogP contribution in [0.4, 0.5) is 13.2 Å². The van der Waals surface area contributed by atoms with Crippen molar-refractivity contribution in [2.45, 2.75) is 32.6 Å². The van der Waals surface area contributed by atoms with Crippen LogP contribution >= 0.6 is 0 Å². The van der Waals surface area contributed by atoms with Gasteiger partial charge in [-0.05, 0) is 50.2 Å². The quantitative estimate of drug-likeness (QED) is 0.414. The fourth-order valence-electron chi connectivity index (χ4n) is 3.45. The molecular formula is C23H21F3N4O4. The SMILES string of the molecule is COc1ccc(-c2nc(C(=O)NCc3ccc(C)o3)c([C@H](C)N)o2)c2ccc(C(F)(F)F)nc12. The van der Waals surface area contributed by atoms with Gasteiger partial charge < -0.3 is 24.6 Å². The predicted octanol–water partition coefficient (Wildman–Crippen LogP) is 4.77. The van der Waals surface area contributed by atoms with Gasteiger partial charge in [-0.1, -0.05) is 0 Å². The maximum absolute atomic E-state index is 13.2. The molecule has 0 aliphatic heterocycles. The second kappa shape index (κ2) is 8.82. The van der Waals surface area contributed by atoms with Gasteiger partial charge in [0.25, 0.3) is 5.91 Å². The summed E-state index contributed by atoms with van der Waals surface area (Å²) in [6.07, 6.45) is -4.63. The molecule has 0 saturated heterocycles. The van der Waals surface area contributed by atoms with E-state index in [0.717, 1.165) is 6.07 Å². The van der Waals surface area contributed by atoms with Crippen LogP contribution in [-0.4, -0.2) is 23.0 Å². The van der Waals surface area contributed by atoms with E-state index in [2.05, 4.69) is 15.3 Å². The monoisotopic (exact) mass is 474 g/mol. The molecule has 34 heavy (non-hydrogen) atoms. The van der Waals surface area contributed by atoms with Crippen LogP contribution in [-0.2, 0) is 12.7 Å². The van der Waals surface area contributed by atoms with E-state index in [0.29, 0.717) is 22.5 Å². The van der Waals surface area contributed by atoms with Crippen molar-refractivity contribution in [3.8, 4) is 17.2 Å². The summed E-state index contributed by atoms with van der Waals surface area (Å²) in [4.78, 5) is 20.9. The first-order valence-electron chi connectivity index (χ1n) is 10.2. The average Bonchev–Trinajstić information content (AvgIpc) is 3.42. The molecule has 4 rings (SSSR count). The van der Waals surface area contributed by atoms with Gasteiger partial charge in [-0.25, -0.2) is 9.97 Å². The molecule has 0 aliphatic rings. The van der Waals surface area contributed by atoms with Crippen molar-refractivity contribution in [1.29, 1.82) is 0 Å². The second-order valence-electron chi connectivity index (χ2n) is 7.62. The highest BCUT2D eigenvalue weighted by molar-refractivity contribution is 5.98. The Hall–Kier alpha value is -3.86. The molecule has 3 N–H and O–H groups in total. The van der Waals surface area contributed by atoms with Crippen LogP contribution in [0, 0.1) is 6.92 Å². The van der Waals surface area contributed by atoms with Crippen molar-refractivity contribution >= 4 is 16.8 Å². The zero-order valence-electron chi connectivity index (χ0n) is 18.5. The number of aryl methyl sites for hydroxylation is 1. The Morgan fingerprint density at radius 2 is 1.91 bits per heavy atom. The lowest BCUT2D eigenvalue weighted by Gasteiger charge is -2.11. The fourth-order valence-corrected chi connectivity index (χ4v) is 3.45. The number of fused-ring (bicyclic) bond motifs is 1. The molecular weight excluding hydrogens is 453 g/mol. The summed E-state index contributed by atoms with van der Waals surface area (Å²) in [5, 5.41) is 3.01. The van der Waals surface area contributed by atoms with Crippen molar-refractivity contribution < 1.29 is 31.5 Å². The van der Waals surface area contributed by atoms with E-state index >= 15 is 0 Å². The minimum Gasteiger partial charge on any atom is -0.494 e. The number of aromatic nitrogens is 2. The number of ether oxygens (including phenoxy) is 1. The number of amides is 1. The molecule has 11 heteroatoms. The number of oxazole rings is 1. The third-order valence-electron chi connectivity index (χ3n) is 5.06. The van der Waals surface area contributed by atoms with Gasteiger partial charge in [0.2, 0.25) is 5.89 Å². The van der Waals surface area contributed by atoms with Crippen molar-refractivity contribution in [2.75, 3.05) is 7.11 Å². The number of furan rings is 1. The van der Waals surface area contributed by atoms with Gasteiger partial charge in [0.05, 0.1) is 19.7 Å². The minimum absolute atomic E-state index is 0.0144. The van der Waals surface area contributed by atoms with Crippen molar-refractivity contribution in [3.05, 3.63) is 65.1 Å². The number of nitrogens with one attached hydrogen (secondary N) is 1. The number of alkyl halides is 3. The fraction of sp³-hybridized carbons (Fsp3) is 0.261. The molecule has 3 heterocycles. The number of methoxy groups -OCH3 is 1. The van der Waals surface area contributed by atoms with Crippen molar-refractivity contribution in [1.82, 2.24) is 15.3 Å². The normalized spacial score (nSPS) is 12.7. The summed E-state index contributed by atoms with van der Waals surface area (Å²) in [6, 6.07) is 7.99. The molecule has 8 nitrogen and oxygen atoms in total. The number of hydrogen-bond acceptors (Lipinski definition) is 7. The van der Waals surface area contributed by atoms with Crippen LogP contribution in [0.2, 0.25) is 0 Å². The Balaban J connectivity index is 1.75. The maximum atomic E-state index is 13.2. The smallest absolute Gasteiger partial charge is 0.433 e. The lowest BCUT2D eigenvalue weighted by Crippen LogP contribution is -2.25. The van der Waals surface area contributed by atoms with E-state index < -0.39 is 23.8 Å². The summed E-state index contributed by atoms with van der Waals surface area (Å²) in [7, 11) is 1.33. The molecule has 3 aromatic heterocycles. The first kappa shape index (κ1) is 23.3. The van der Waals surface area contributed by atoms with Crippen LogP contribution < -0.4 is 15.8 Å². The van der Waals surface area contributed by atoms with E-state index in [9.17, 15) is 18.0 Å². The highest BCUT2D eigenvalue weighted by Crippen LogP contribution is 2.37. The second-order valence-corrected chi connectivity index (χ2v) is 7.62. The first-order valence-corrected chi connectivity index (χ1v) is 10.2. The van der Waals surface area contributed by atoms with Gasteiger partial charge in [-0.15, -0.1) is 0 Å². The molecule has 0 spiro atoms. The van der Waals surface area contributed by atoms with Crippen LogP contribution in [0.25, 0.3) is 22.4 Å². The molecule has 0 unspecified atom stereocenters. The Morgan fingerprint density at radius 3 is 2.53 bits per heavy atom. The number of rotatable bonds is 6. The van der Waals surface area contributed by atoms with E-state index in [-0.39, 0.29) is 35.2 Å². The highest BCUT2D eigenvalue weighted by atomic mass is 19.4. The number of pyridine rings is 1. The van der Waals surface area contributed by atoms with Gasteiger partial charge in [0, 0.05) is 10.9 Å². The van der Waals surface area contributed by atoms with E-state index in [1.54, 1.807) is 32.0 Å². The Kier molecular flexibility index (Phi) is 6.05. The van der Waals surface area contributed by atoms with Gasteiger partial charge in [-0.2, -0.15) is 13.2 Å². The van der Waals surface area contributed by atoms with Crippen molar-refractivity contribution in [3.63, 3.8) is 0 Å². The molecule has 0 bridgehead atoms. The van der Waals surface area contributed by atoms with E-state index in [4.69, 9.17) is 19.3 Å². The average molecular weight is 474 g/mol. The number of nitrogens with two attached hydrogens (primary N) is 1. The van der Waals surface area contributed by atoms with E-state index in [1.165, 1.54) is 19.2 Å². The minimum atomic E-state index is -4.63. The van der Waals surface area contributed by atoms with Crippen molar-refractivity contribution in [2.24, 2.45) is 5.73 Å². The summed E-state index contributed by atoms with van der Waals surface area (Å²) < 4.78 is 56.1. The zero-order chi connectivity index (χ0) is 24.6. The van der Waals surface area contributed by atoms with Crippen LogP contribution in [0.1, 0.15) is 46.4 Å². The number of carbonyl (C=O) groups is 1. The Bertz CT molecular complexity index is 1360. The summed E-state index contributed by atoms with van der Waals surface area (Å²) >= 11 is 0. The van der Waals surface area contributed by atoms with Gasteiger partial charge in [-0.3, -0.25) is 4.79 Å². The zero-order valence-corrected chi connectivity index (χ0v) is 18.5. The molecule has 4 aromatic rings. The highest BCUT2D eigenvalue weighted by Gasteiger charge is 2.33. The molecule has 1 aromatic carbocycles. The third kappa shape index (κ3) is 4.46. The number of halogens is 3. The molecule has 178 valence electrons. The molecule has 0 radical (unpaired) electrons. The summed E-state index contributed by atoms with van der Waals surface area (Å²) in [6.45, 7) is 3.54. The van der Waals surface area contributed by atoms with E-state index in [1.807, 2.05) is 0 Å². The lowest BCUT2D eigenvalue weighted by molar-refractivity contribution is -0.140. The third-order valence-corrected chi connectivity index (χ3v) is 5.06. The number of nitrogens with zero attached hydrogens (tertiary/aromatic N) is 2. The molecule has 0 saturated carbocycles. The number of hydrogen-bond donors (Lipinski definition) is 2. The molecule has 1 amide bonds. The van der Waals surface area contributed by atoms with Gasteiger partial charge in [0.1, 0.15) is 28.5 Å².